The molecule has 0 bridgehead atoms. The first-order chi connectivity index (χ1) is 8.60. The summed E-state index contributed by atoms with van der Waals surface area (Å²) in [5, 5.41) is 0.777. The molecule has 0 atom stereocenters. The lowest BCUT2D eigenvalue weighted by molar-refractivity contribution is 0.885. The van der Waals surface area contributed by atoms with E-state index in [0.29, 0.717) is 6.54 Å². The summed E-state index contributed by atoms with van der Waals surface area (Å²) >= 11 is 5.96. The number of nitrogens with zero attached hydrogens (tertiary/aromatic N) is 1. The fourth-order valence-electron chi connectivity index (χ4n) is 2.03. The molecular weight excluding hydrogens is 246 g/mol. The van der Waals surface area contributed by atoms with Crippen molar-refractivity contribution in [3.8, 4) is 0 Å². The number of hydrogen-bond acceptors (Lipinski definition) is 2. The highest BCUT2D eigenvalue weighted by atomic mass is 35.5. The van der Waals surface area contributed by atoms with E-state index in [1.807, 2.05) is 19.1 Å². The Kier molecular flexibility index (Phi) is 4.04. The average Bonchev–Trinajstić information content (AvgIpc) is 2.64. The first kappa shape index (κ1) is 13.1. The van der Waals surface area contributed by atoms with Crippen LogP contribution in [0.25, 0.3) is 0 Å². The third-order valence-corrected chi connectivity index (χ3v) is 3.31. The summed E-state index contributed by atoms with van der Waals surface area (Å²) in [6.45, 7) is 4.74. The molecule has 0 saturated heterocycles. The Balaban J connectivity index is 2.22. The van der Waals surface area contributed by atoms with Gasteiger partial charge in [0.2, 0.25) is 0 Å². The zero-order chi connectivity index (χ0) is 13.1. The topological polar surface area (TPSA) is 54.7 Å². The Morgan fingerprint density at radius 3 is 2.78 bits per heavy atom. The van der Waals surface area contributed by atoms with E-state index in [2.05, 4.69) is 23.0 Å². The summed E-state index contributed by atoms with van der Waals surface area (Å²) in [6, 6.07) is 5.97. The lowest BCUT2D eigenvalue weighted by atomic mass is 10.0. The van der Waals surface area contributed by atoms with Gasteiger partial charge in [0.15, 0.2) is 0 Å². The van der Waals surface area contributed by atoms with Crippen molar-refractivity contribution in [3.63, 3.8) is 0 Å². The predicted octanol–water partition coefficient (Wildman–Crippen LogP) is 2.77. The molecule has 96 valence electrons. The predicted molar refractivity (Wildman–Crippen MR) is 75.1 cm³/mol. The van der Waals surface area contributed by atoms with Crippen LogP contribution < -0.4 is 5.73 Å². The van der Waals surface area contributed by atoms with Crippen LogP contribution in [0.2, 0.25) is 5.02 Å². The average molecular weight is 264 g/mol. The lowest BCUT2D eigenvalue weighted by Crippen LogP contribution is -2.04. The lowest BCUT2D eigenvalue weighted by Gasteiger charge is -2.05. The maximum Gasteiger partial charge on any atom is 0.107 e. The van der Waals surface area contributed by atoms with Gasteiger partial charge in [0.05, 0.1) is 5.69 Å². The van der Waals surface area contributed by atoms with Gasteiger partial charge in [-0.25, -0.2) is 4.98 Å². The third kappa shape index (κ3) is 2.92. The molecule has 0 aliphatic carbocycles. The molecule has 0 spiro atoms. The van der Waals surface area contributed by atoms with Gasteiger partial charge in [-0.1, -0.05) is 17.7 Å². The summed E-state index contributed by atoms with van der Waals surface area (Å²) in [5.41, 5.74) is 10.2. The van der Waals surface area contributed by atoms with Crippen LogP contribution in [0.1, 0.15) is 28.3 Å². The van der Waals surface area contributed by atoms with Gasteiger partial charge < -0.3 is 10.7 Å². The first-order valence-corrected chi connectivity index (χ1v) is 6.47. The first-order valence-electron chi connectivity index (χ1n) is 6.09. The Labute approximate surface area is 112 Å². The van der Waals surface area contributed by atoms with E-state index in [0.717, 1.165) is 35.1 Å². The SMILES string of the molecule is Cc1cc(Cl)ccc1Cc1nc(CCN)[nH]c1C. The fraction of sp³-hybridized carbons (Fsp3) is 0.357. The van der Waals surface area contributed by atoms with Gasteiger partial charge in [-0.15, -0.1) is 0 Å². The zero-order valence-corrected chi connectivity index (χ0v) is 11.5. The minimum Gasteiger partial charge on any atom is -0.346 e. The van der Waals surface area contributed by atoms with Crippen LogP contribution in [-0.4, -0.2) is 16.5 Å². The largest absolute Gasteiger partial charge is 0.346 e. The molecule has 0 aliphatic heterocycles. The standard InChI is InChI=1S/C14H18ClN3/c1-9-7-12(15)4-3-11(9)8-13-10(2)17-14(18-13)5-6-16/h3-4,7H,5-6,8,16H2,1-2H3,(H,17,18). The Hall–Kier alpha value is -1.32. The van der Waals surface area contributed by atoms with Gasteiger partial charge in [-0.3, -0.25) is 0 Å². The van der Waals surface area contributed by atoms with E-state index in [-0.39, 0.29) is 0 Å². The van der Waals surface area contributed by atoms with E-state index >= 15 is 0 Å². The maximum absolute atomic E-state index is 5.96. The molecule has 0 radical (unpaired) electrons. The second-order valence-corrected chi connectivity index (χ2v) is 4.98. The molecule has 18 heavy (non-hydrogen) atoms. The maximum atomic E-state index is 5.96. The van der Waals surface area contributed by atoms with Crippen molar-refractivity contribution in [2.75, 3.05) is 6.54 Å². The number of hydrogen-bond donors (Lipinski definition) is 2. The number of benzene rings is 1. The molecule has 1 heterocycles. The molecular formula is C14H18ClN3. The van der Waals surface area contributed by atoms with E-state index in [1.165, 1.54) is 11.1 Å². The van der Waals surface area contributed by atoms with Crippen molar-refractivity contribution >= 4 is 11.6 Å². The zero-order valence-electron chi connectivity index (χ0n) is 10.8. The van der Waals surface area contributed by atoms with Crippen LogP contribution >= 0.6 is 11.6 Å². The van der Waals surface area contributed by atoms with Crippen molar-refractivity contribution in [1.29, 1.82) is 0 Å². The van der Waals surface area contributed by atoms with Crippen molar-refractivity contribution in [3.05, 3.63) is 51.6 Å². The third-order valence-electron chi connectivity index (χ3n) is 3.08. The minimum atomic E-state index is 0.617. The molecule has 1 aromatic heterocycles. The van der Waals surface area contributed by atoms with Gasteiger partial charge >= 0.3 is 0 Å². The molecule has 1 aromatic carbocycles. The quantitative estimate of drug-likeness (QED) is 0.891. The highest BCUT2D eigenvalue weighted by Gasteiger charge is 2.08. The van der Waals surface area contributed by atoms with E-state index in [1.54, 1.807) is 0 Å². The van der Waals surface area contributed by atoms with Crippen LogP contribution in [0.5, 0.6) is 0 Å². The van der Waals surface area contributed by atoms with Crippen molar-refractivity contribution in [2.24, 2.45) is 5.73 Å². The van der Waals surface area contributed by atoms with Crippen LogP contribution in [0.15, 0.2) is 18.2 Å². The smallest absolute Gasteiger partial charge is 0.107 e. The molecule has 0 saturated carbocycles. The molecule has 2 aromatic rings. The van der Waals surface area contributed by atoms with E-state index < -0.39 is 0 Å². The van der Waals surface area contributed by atoms with Crippen LogP contribution in [0.3, 0.4) is 0 Å². The number of aromatic amines is 1. The van der Waals surface area contributed by atoms with Gasteiger partial charge in [0.1, 0.15) is 5.82 Å². The molecule has 3 N–H and O–H groups in total. The molecule has 4 heteroatoms. The monoisotopic (exact) mass is 263 g/mol. The summed E-state index contributed by atoms with van der Waals surface area (Å²) in [4.78, 5) is 7.87. The number of nitrogens with one attached hydrogen (secondary N) is 1. The Morgan fingerprint density at radius 2 is 2.11 bits per heavy atom. The summed E-state index contributed by atoms with van der Waals surface area (Å²) in [7, 11) is 0. The number of nitrogens with two attached hydrogens (primary N) is 1. The van der Waals surface area contributed by atoms with Gasteiger partial charge in [0, 0.05) is 23.6 Å². The highest BCUT2D eigenvalue weighted by molar-refractivity contribution is 6.30. The number of rotatable bonds is 4. The van der Waals surface area contributed by atoms with Gasteiger partial charge in [0.25, 0.3) is 0 Å². The van der Waals surface area contributed by atoms with Crippen LogP contribution in [0.4, 0.5) is 0 Å². The Morgan fingerprint density at radius 1 is 1.33 bits per heavy atom. The summed E-state index contributed by atoms with van der Waals surface area (Å²) in [6.07, 6.45) is 1.62. The number of halogens is 1. The van der Waals surface area contributed by atoms with Gasteiger partial charge in [-0.2, -0.15) is 0 Å². The van der Waals surface area contributed by atoms with Crippen LogP contribution in [0, 0.1) is 13.8 Å². The number of imidazole rings is 1. The Bertz CT molecular complexity index is 546. The molecule has 0 aliphatic rings. The summed E-state index contributed by atoms with van der Waals surface area (Å²) in [5.74, 6) is 0.969. The number of H-pyrrole nitrogens is 1. The van der Waals surface area contributed by atoms with Crippen molar-refractivity contribution in [1.82, 2.24) is 9.97 Å². The second kappa shape index (κ2) is 5.55. The van der Waals surface area contributed by atoms with Crippen LogP contribution in [-0.2, 0) is 12.8 Å². The second-order valence-electron chi connectivity index (χ2n) is 4.54. The summed E-state index contributed by atoms with van der Waals surface area (Å²) < 4.78 is 0. The molecule has 2 rings (SSSR count). The highest BCUT2D eigenvalue weighted by Crippen LogP contribution is 2.19. The van der Waals surface area contributed by atoms with Crippen molar-refractivity contribution < 1.29 is 0 Å². The molecule has 0 fully saturated rings. The molecule has 0 amide bonds. The van der Waals surface area contributed by atoms with E-state index in [9.17, 15) is 0 Å². The number of aryl methyl sites for hydroxylation is 2. The minimum absolute atomic E-state index is 0.617. The molecule has 3 nitrogen and oxygen atoms in total. The molecule has 0 unspecified atom stereocenters. The normalized spacial score (nSPS) is 10.9. The van der Waals surface area contributed by atoms with Crippen molar-refractivity contribution in [2.45, 2.75) is 26.7 Å². The van der Waals surface area contributed by atoms with E-state index in [4.69, 9.17) is 17.3 Å². The van der Waals surface area contributed by atoms with Gasteiger partial charge in [-0.05, 0) is 43.7 Å². The number of aromatic nitrogens is 2. The fourth-order valence-corrected chi connectivity index (χ4v) is 2.26.